The summed E-state index contributed by atoms with van der Waals surface area (Å²) in [4.78, 5) is 0.657. The summed E-state index contributed by atoms with van der Waals surface area (Å²) in [6.07, 6.45) is 17.2. The van der Waals surface area contributed by atoms with Gasteiger partial charge in [-0.1, -0.05) is 0 Å². The summed E-state index contributed by atoms with van der Waals surface area (Å²) in [5.74, 6) is 0. The van der Waals surface area contributed by atoms with Gasteiger partial charge in [0, 0.05) is 0 Å². The second kappa shape index (κ2) is 6.73. The van der Waals surface area contributed by atoms with E-state index in [1.54, 1.807) is 10.1 Å². The molecule has 1 unspecified atom stereocenters. The Labute approximate surface area is 140 Å². The van der Waals surface area contributed by atoms with E-state index in [0.717, 1.165) is 0 Å². The van der Waals surface area contributed by atoms with Crippen LogP contribution in [0.4, 0.5) is 0 Å². The van der Waals surface area contributed by atoms with Gasteiger partial charge in [0.2, 0.25) is 0 Å². The van der Waals surface area contributed by atoms with Crippen molar-refractivity contribution < 1.29 is 13.0 Å². The molecule has 1 aromatic carbocycles. The van der Waals surface area contributed by atoms with Crippen LogP contribution in [-0.4, -0.2) is 6.72 Å². The van der Waals surface area contributed by atoms with E-state index >= 15 is 0 Å². The normalized spacial score (nSPS) is 21.9. The predicted molar refractivity (Wildman–Crippen MR) is 97.3 cm³/mol. The van der Waals surface area contributed by atoms with Crippen LogP contribution in [0.3, 0.4) is 0 Å². The van der Waals surface area contributed by atoms with Crippen molar-refractivity contribution in [3.8, 4) is 0 Å². The fourth-order valence-electron chi connectivity index (χ4n) is 3.17. The molecule has 0 nitrogen and oxygen atoms in total. The average molecular weight is 354 g/mol. The number of allylic oxidation sites excluding steroid dienone is 5. The molecule has 0 amide bonds. The number of rotatable bonds is 3. The Kier molecular flexibility index (Phi) is 4.91. The zero-order chi connectivity index (χ0) is 15.6. The van der Waals surface area contributed by atoms with Crippen molar-refractivity contribution in [3.63, 3.8) is 0 Å². The molecule has 22 heavy (non-hydrogen) atoms. The van der Waals surface area contributed by atoms with E-state index < -0.39 is 6.72 Å². The predicted octanol–water partition coefficient (Wildman–Crippen LogP) is 6.22. The molecule has 0 saturated carbocycles. The van der Waals surface area contributed by atoms with Crippen LogP contribution in [0.15, 0.2) is 53.1 Å². The maximum absolute atomic E-state index is 2.60. The number of hydrogen-bond donors (Lipinski definition) is 0. The number of benzene rings is 1. The Hall–Kier alpha value is -0.837. The molecule has 0 fully saturated rings. The van der Waals surface area contributed by atoms with Gasteiger partial charge in [0.1, 0.15) is 0 Å². The number of fused-ring (bicyclic) bond motifs is 1. The zero-order valence-corrected chi connectivity index (χ0v) is 16.0. The summed E-state index contributed by atoms with van der Waals surface area (Å²) in [5, 5.41) is 0. The fraction of sp³-hybridized carbons (Fsp3) is 0.400. The average Bonchev–Trinajstić information content (AvgIpc) is 2.84. The van der Waals surface area contributed by atoms with Crippen molar-refractivity contribution in [2.24, 2.45) is 0 Å². The van der Waals surface area contributed by atoms with Gasteiger partial charge in [-0.05, 0) is 0 Å². The standard InChI is InChI=1S/C9H7.C8H11.C3H9Si.Co/c1-2-5-9-7-3-6-8(9)4-1;1-2-4-6-8-7-5-3-1;1-4(2)3;/h1-7H;1-2,7H,3-6H2;1-3H3;. The first-order valence-electron chi connectivity index (χ1n) is 8.30. The van der Waals surface area contributed by atoms with E-state index in [-0.39, 0.29) is 13.0 Å². The molecule has 0 spiro atoms. The summed E-state index contributed by atoms with van der Waals surface area (Å²) in [6, 6.07) is 9.02. The zero-order valence-electron chi connectivity index (χ0n) is 13.9. The van der Waals surface area contributed by atoms with Crippen molar-refractivity contribution in [2.75, 3.05) is 0 Å². The summed E-state index contributed by atoms with van der Waals surface area (Å²) in [7, 11) is 0. The van der Waals surface area contributed by atoms with E-state index in [0.29, 0.717) is 4.85 Å². The summed E-state index contributed by atoms with van der Waals surface area (Å²) in [6.45, 7) is 6.49. The quantitative estimate of drug-likeness (QED) is 0.446. The monoisotopic (exact) mass is 354 g/mol. The third-order valence-electron chi connectivity index (χ3n) is 4.09. The molecule has 120 valence electrons. The van der Waals surface area contributed by atoms with Crippen LogP contribution in [0.5, 0.6) is 0 Å². The molecule has 0 saturated heterocycles. The summed E-state index contributed by atoms with van der Waals surface area (Å²) in [5.41, 5.74) is 3.03. The van der Waals surface area contributed by atoms with Gasteiger partial charge in [-0.25, -0.2) is 0 Å². The van der Waals surface area contributed by atoms with Gasteiger partial charge in [0.15, 0.2) is 0 Å². The van der Waals surface area contributed by atoms with Crippen molar-refractivity contribution in [1.82, 2.24) is 0 Å². The van der Waals surface area contributed by atoms with Crippen LogP contribution in [-0.2, 0) is 13.0 Å². The van der Waals surface area contributed by atoms with E-state index in [1.807, 2.05) is 0 Å². The van der Waals surface area contributed by atoms with Gasteiger partial charge in [0.05, 0.1) is 0 Å². The summed E-state index contributed by atoms with van der Waals surface area (Å²) >= 11 is -0.0289. The topological polar surface area (TPSA) is 0 Å². The summed E-state index contributed by atoms with van der Waals surface area (Å²) < 4.78 is 1.79. The van der Waals surface area contributed by atoms with Crippen LogP contribution in [0.25, 0.3) is 6.08 Å². The van der Waals surface area contributed by atoms with E-state index in [1.165, 1.54) is 31.2 Å². The molecule has 0 heterocycles. The molecule has 1 atom stereocenters. The molecule has 2 heteroatoms. The molecule has 1 aromatic rings. The first-order valence-corrected chi connectivity index (χ1v) is 14.3. The first-order chi connectivity index (χ1) is 10.6. The number of hydrogen-bond acceptors (Lipinski definition) is 0. The SMILES string of the molecule is C[Si](C)(C)[Co]([C]1=CCCC=CCC1)[CH]1C=Cc2ccccc21. The fourth-order valence-corrected chi connectivity index (χ4v) is 13.8. The molecule has 0 bridgehead atoms. The second-order valence-electron chi connectivity index (χ2n) is 6.85. The molecule has 0 aliphatic heterocycles. The van der Waals surface area contributed by atoms with Crippen molar-refractivity contribution in [1.29, 1.82) is 0 Å². The van der Waals surface area contributed by atoms with Crippen molar-refractivity contribution >= 4 is 12.8 Å². The van der Waals surface area contributed by atoms with E-state index in [9.17, 15) is 0 Å². The molecular weight excluding hydrogens is 327 g/mol. The Morgan fingerprint density at radius 1 is 1.00 bits per heavy atom. The van der Waals surface area contributed by atoms with Gasteiger partial charge < -0.3 is 0 Å². The van der Waals surface area contributed by atoms with Gasteiger partial charge in [-0.15, -0.1) is 0 Å². The Balaban J connectivity index is 1.97. The Morgan fingerprint density at radius 3 is 2.59 bits per heavy atom. The first kappa shape index (κ1) is 16.0. The molecular formula is C20H27CoSi. The molecule has 2 aliphatic rings. The van der Waals surface area contributed by atoms with Crippen LogP contribution in [0.1, 0.15) is 41.7 Å². The van der Waals surface area contributed by atoms with Gasteiger partial charge in [-0.2, -0.15) is 0 Å². The van der Waals surface area contributed by atoms with Crippen LogP contribution in [0.2, 0.25) is 19.6 Å². The Bertz CT molecular complexity index is 619. The third-order valence-corrected chi connectivity index (χ3v) is 14.3. The van der Waals surface area contributed by atoms with Gasteiger partial charge >= 0.3 is 140 Å². The maximum atomic E-state index is 2.60. The van der Waals surface area contributed by atoms with Gasteiger partial charge in [0.25, 0.3) is 0 Å². The molecule has 0 N–H and O–H groups in total. The molecule has 3 rings (SSSR count). The second-order valence-corrected chi connectivity index (χ2v) is 19.2. The van der Waals surface area contributed by atoms with E-state index in [2.05, 4.69) is 74.3 Å². The minimum atomic E-state index is -1.23. The Morgan fingerprint density at radius 2 is 1.77 bits per heavy atom. The third kappa shape index (κ3) is 3.39. The van der Waals surface area contributed by atoms with Crippen molar-refractivity contribution in [2.45, 2.75) is 50.2 Å². The van der Waals surface area contributed by atoms with Gasteiger partial charge in [-0.3, -0.25) is 0 Å². The van der Waals surface area contributed by atoms with Crippen molar-refractivity contribution in [3.05, 3.63) is 64.2 Å². The van der Waals surface area contributed by atoms with Crippen LogP contribution < -0.4 is 0 Å². The van der Waals surface area contributed by atoms with Crippen LogP contribution in [0, 0.1) is 0 Å². The molecule has 0 radical (unpaired) electrons. The minimum absolute atomic E-state index is 0.0289. The molecule has 2 aliphatic carbocycles. The van der Waals surface area contributed by atoms with E-state index in [4.69, 9.17) is 0 Å². The van der Waals surface area contributed by atoms with Crippen LogP contribution >= 0.6 is 0 Å². The molecule has 0 aromatic heterocycles.